The second-order valence-corrected chi connectivity index (χ2v) is 4.46. The smallest absolute Gasteiger partial charge is 0.299 e. The Morgan fingerprint density at radius 2 is 1.50 bits per heavy atom. The van der Waals surface area contributed by atoms with Crippen LogP contribution >= 0.6 is 0 Å². The molecule has 0 spiro atoms. The van der Waals surface area contributed by atoms with E-state index in [1.807, 2.05) is 48.5 Å². The molecule has 0 unspecified atom stereocenters. The van der Waals surface area contributed by atoms with Crippen LogP contribution in [0.1, 0.15) is 0 Å². The van der Waals surface area contributed by atoms with Crippen molar-refractivity contribution in [1.82, 2.24) is 0 Å². The second-order valence-electron chi connectivity index (χ2n) is 4.46. The standard InChI is InChI=1S/C18H14N4/c1-2-8-16-15(7-1)19-11-5-13-21-17-9-3-4-10-18(17)22-14-6-12-20-16/h1-4,7-14,19,22H. The fourth-order valence-electron chi connectivity index (χ4n) is 1.94. The van der Waals surface area contributed by atoms with E-state index in [2.05, 4.69) is 32.8 Å². The Morgan fingerprint density at radius 1 is 0.818 bits per heavy atom. The Labute approximate surface area is 129 Å². The van der Waals surface area contributed by atoms with E-state index in [0.717, 1.165) is 22.7 Å². The predicted molar refractivity (Wildman–Crippen MR) is 92.1 cm³/mol. The monoisotopic (exact) mass is 286 g/mol. The Balaban J connectivity index is 1.92. The van der Waals surface area contributed by atoms with Crippen molar-refractivity contribution in [1.29, 1.82) is 0 Å². The number of fused-ring (bicyclic) bond motifs is 2. The van der Waals surface area contributed by atoms with Crippen molar-refractivity contribution in [2.24, 2.45) is 9.98 Å². The highest BCUT2D eigenvalue weighted by molar-refractivity contribution is 5.79. The number of allylic oxidation sites excluding steroid dienone is 2. The first-order valence-electron chi connectivity index (χ1n) is 6.85. The average Bonchev–Trinajstić information content (AvgIpc) is 2.56. The van der Waals surface area contributed by atoms with E-state index in [-0.39, 0.29) is 0 Å². The Hall–Kier alpha value is -3.23. The fourth-order valence-corrected chi connectivity index (χ4v) is 1.94. The highest BCUT2D eigenvalue weighted by Gasteiger charge is 2.00. The highest BCUT2D eigenvalue weighted by Crippen LogP contribution is 2.25. The van der Waals surface area contributed by atoms with Crippen LogP contribution in [0, 0.1) is 12.2 Å². The molecule has 0 atom stereocenters. The lowest BCUT2D eigenvalue weighted by atomic mass is 10.2. The van der Waals surface area contributed by atoms with Crippen molar-refractivity contribution in [3.8, 4) is 0 Å². The van der Waals surface area contributed by atoms with Gasteiger partial charge in [0.25, 0.3) is 18.5 Å². The van der Waals surface area contributed by atoms with Gasteiger partial charge in [-0.1, -0.05) is 24.3 Å². The second kappa shape index (κ2) is 6.97. The molecule has 0 aliphatic carbocycles. The van der Waals surface area contributed by atoms with E-state index in [1.54, 1.807) is 24.8 Å². The fraction of sp³-hybridized carbons (Fsp3) is 0. The summed E-state index contributed by atoms with van der Waals surface area (Å²) in [6.45, 7) is 0. The van der Waals surface area contributed by atoms with Crippen molar-refractivity contribution in [2.75, 3.05) is 10.6 Å². The Morgan fingerprint density at radius 3 is 2.32 bits per heavy atom. The van der Waals surface area contributed by atoms with Crippen molar-refractivity contribution >= 4 is 35.2 Å². The molecule has 0 amide bonds. The van der Waals surface area contributed by atoms with Crippen LogP contribution in [0.3, 0.4) is 0 Å². The summed E-state index contributed by atoms with van der Waals surface area (Å²) < 4.78 is 0. The van der Waals surface area contributed by atoms with Crippen molar-refractivity contribution in [2.45, 2.75) is 0 Å². The van der Waals surface area contributed by atoms with E-state index in [1.165, 1.54) is 0 Å². The molecule has 2 aromatic rings. The third kappa shape index (κ3) is 3.45. The van der Waals surface area contributed by atoms with Crippen LogP contribution in [-0.4, -0.2) is 12.4 Å². The van der Waals surface area contributed by atoms with Crippen LogP contribution in [-0.2, 0) is 0 Å². The lowest BCUT2D eigenvalue weighted by Gasteiger charge is -2.08. The van der Waals surface area contributed by atoms with Gasteiger partial charge in [0.15, 0.2) is 0 Å². The summed E-state index contributed by atoms with van der Waals surface area (Å²) in [6.07, 6.45) is 12.6. The molecular weight excluding hydrogens is 272 g/mol. The number of rotatable bonds is 0. The van der Waals surface area contributed by atoms with Gasteiger partial charge in [0.2, 0.25) is 0 Å². The van der Waals surface area contributed by atoms with Gasteiger partial charge in [-0.15, -0.1) is 0 Å². The summed E-state index contributed by atoms with van der Waals surface area (Å²) in [4.78, 5) is 8.76. The molecule has 106 valence electrons. The molecule has 1 aliphatic rings. The van der Waals surface area contributed by atoms with E-state index in [4.69, 9.17) is 0 Å². The molecular formula is C18H14N4. The molecule has 3 rings (SSSR count). The van der Waals surface area contributed by atoms with Gasteiger partial charge >= 0.3 is 0 Å². The van der Waals surface area contributed by atoms with Crippen molar-refractivity contribution in [3.63, 3.8) is 0 Å². The SMILES string of the molecule is [C+]1=CNc2ccccc2N=C[C-]=CNc2ccccc2N=C1. The lowest BCUT2D eigenvalue weighted by Crippen LogP contribution is -1.90. The number of hydrogen-bond donors (Lipinski definition) is 2. The van der Waals surface area contributed by atoms with Gasteiger partial charge < -0.3 is 16.7 Å². The molecule has 2 aromatic carbocycles. The summed E-state index contributed by atoms with van der Waals surface area (Å²) >= 11 is 0. The summed E-state index contributed by atoms with van der Waals surface area (Å²) in [5, 5.41) is 6.29. The van der Waals surface area contributed by atoms with E-state index < -0.39 is 0 Å². The summed E-state index contributed by atoms with van der Waals surface area (Å²) in [5.41, 5.74) is 3.45. The molecule has 0 saturated carbocycles. The maximum atomic E-state index is 4.38. The maximum Gasteiger partial charge on any atom is 0.299 e. The maximum absolute atomic E-state index is 4.38. The van der Waals surface area contributed by atoms with Gasteiger partial charge in [0, 0.05) is 0 Å². The number of para-hydroxylation sites is 4. The van der Waals surface area contributed by atoms with E-state index in [0.29, 0.717) is 0 Å². The van der Waals surface area contributed by atoms with E-state index in [9.17, 15) is 0 Å². The van der Waals surface area contributed by atoms with Crippen LogP contribution in [0.2, 0.25) is 0 Å². The molecule has 4 nitrogen and oxygen atoms in total. The topological polar surface area (TPSA) is 48.8 Å². The van der Waals surface area contributed by atoms with Gasteiger partial charge in [-0.2, -0.15) is 12.4 Å². The molecule has 0 aromatic heterocycles. The lowest BCUT2D eigenvalue weighted by molar-refractivity contribution is 1.47. The normalized spacial score (nSPS) is 13.1. The van der Waals surface area contributed by atoms with Crippen LogP contribution < -0.4 is 10.6 Å². The minimum absolute atomic E-state index is 0.829. The highest BCUT2D eigenvalue weighted by atomic mass is 14.9. The Bertz CT molecular complexity index is 692. The summed E-state index contributed by atoms with van der Waals surface area (Å²) in [7, 11) is 0. The first-order valence-corrected chi connectivity index (χ1v) is 6.85. The number of anilines is 2. The molecule has 0 bridgehead atoms. The minimum atomic E-state index is 0.829. The van der Waals surface area contributed by atoms with Gasteiger partial charge in [-0.05, 0) is 24.3 Å². The molecule has 1 aliphatic heterocycles. The number of hydrogen-bond acceptors (Lipinski definition) is 4. The molecule has 0 radical (unpaired) electrons. The van der Waals surface area contributed by atoms with Gasteiger partial charge in [0.1, 0.15) is 0 Å². The number of aliphatic imine (C=N–C) groups is 2. The van der Waals surface area contributed by atoms with Crippen molar-refractivity contribution in [3.05, 3.63) is 73.1 Å². The zero-order valence-electron chi connectivity index (χ0n) is 11.8. The molecule has 2 N–H and O–H groups in total. The summed E-state index contributed by atoms with van der Waals surface area (Å²) in [6, 6.07) is 15.5. The summed E-state index contributed by atoms with van der Waals surface area (Å²) in [5.74, 6) is 0. The number of benzene rings is 2. The first kappa shape index (κ1) is 13.7. The number of nitrogens with one attached hydrogen (secondary N) is 2. The Kier molecular flexibility index (Phi) is 4.36. The first-order chi connectivity index (χ1) is 10.9. The van der Waals surface area contributed by atoms with Gasteiger partial charge in [-0.3, -0.25) is 4.99 Å². The van der Waals surface area contributed by atoms with Gasteiger partial charge in [-0.25, -0.2) is 4.99 Å². The third-order valence-electron chi connectivity index (χ3n) is 2.99. The zero-order chi connectivity index (χ0) is 15.0. The molecule has 1 heterocycles. The third-order valence-corrected chi connectivity index (χ3v) is 2.99. The predicted octanol–water partition coefficient (Wildman–Crippen LogP) is 4.26. The zero-order valence-corrected chi connectivity index (χ0v) is 11.8. The molecule has 4 heteroatoms. The molecule has 22 heavy (non-hydrogen) atoms. The average molecular weight is 286 g/mol. The van der Waals surface area contributed by atoms with Crippen LogP contribution in [0.5, 0.6) is 0 Å². The molecule has 0 saturated heterocycles. The largest absolute Gasteiger partial charge is 0.436 e. The van der Waals surface area contributed by atoms with Crippen molar-refractivity contribution < 1.29 is 0 Å². The minimum Gasteiger partial charge on any atom is -0.436 e. The number of nitrogens with zero attached hydrogens (tertiary/aromatic N) is 2. The van der Waals surface area contributed by atoms with Crippen LogP contribution in [0.4, 0.5) is 22.7 Å². The van der Waals surface area contributed by atoms with Gasteiger partial charge in [0.05, 0.1) is 22.7 Å². The quantitative estimate of drug-likeness (QED) is 0.711. The molecule has 0 fully saturated rings. The van der Waals surface area contributed by atoms with Crippen LogP contribution in [0.25, 0.3) is 0 Å². The van der Waals surface area contributed by atoms with Crippen LogP contribution in [0.15, 0.2) is 70.9 Å². The van der Waals surface area contributed by atoms with E-state index >= 15 is 0 Å².